The van der Waals surface area contributed by atoms with Crippen molar-refractivity contribution >= 4 is 35.2 Å². The lowest BCUT2D eigenvalue weighted by molar-refractivity contribution is -0.117. The molecule has 1 atom stereocenters. The SMILES string of the molecule is O=C(/C=C/c1ccc(Cl)c(Cl)c1)N[C@H](CN1CCOCC1)c1ccccc1. The normalized spacial score (nSPS) is 16.4. The fourth-order valence-corrected chi connectivity index (χ4v) is 3.28. The van der Waals surface area contributed by atoms with Crippen molar-refractivity contribution in [3.63, 3.8) is 0 Å². The quantitative estimate of drug-likeness (QED) is 0.733. The van der Waals surface area contributed by atoms with Crippen molar-refractivity contribution in [3.8, 4) is 0 Å². The van der Waals surface area contributed by atoms with Crippen molar-refractivity contribution in [1.82, 2.24) is 10.2 Å². The molecule has 1 fully saturated rings. The predicted molar refractivity (Wildman–Crippen MR) is 110 cm³/mol. The summed E-state index contributed by atoms with van der Waals surface area (Å²) in [7, 11) is 0. The lowest BCUT2D eigenvalue weighted by Gasteiger charge is -2.31. The van der Waals surface area contributed by atoms with E-state index in [1.807, 2.05) is 36.4 Å². The van der Waals surface area contributed by atoms with Crippen LogP contribution in [0.15, 0.2) is 54.6 Å². The van der Waals surface area contributed by atoms with E-state index in [1.165, 1.54) is 6.08 Å². The van der Waals surface area contributed by atoms with Crippen molar-refractivity contribution < 1.29 is 9.53 Å². The molecule has 4 nitrogen and oxygen atoms in total. The van der Waals surface area contributed by atoms with Crippen LogP contribution >= 0.6 is 23.2 Å². The minimum absolute atomic E-state index is 0.0877. The molecule has 1 aliphatic heterocycles. The molecule has 1 saturated heterocycles. The van der Waals surface area contributed by atoms with Crippen LogP contribution in [-0.4, -0.2) is 43.7 Å². The number of morpholine rings is 1. The number of hydrogen-bond acceptors (Lipinski definition) is 3. The highest BCUT2D eigenvalue weighted by Crippen LogP contribution is 2.23. The van der Waals surface area contributed by atoms with E-state index in [1.54, 1.807) is 18.2 Å². The van der Waals surface area contributed by atoms with E-state index in [4.69, 9.17) is 27.9 Å². The number of carbonyl (C=O) groups excluding carboxylic acids is 1. The summed E-state index contributed by atoms with van der Waals surface area (Å²) in [6.07, 6.45) is 3.25. The third kappa shape index (κ3) is 6.08. The van der Waals surface area contributed by atoms with Gasteiger partial charge in [0.1, 0.15) is 0 Å². The van der Waals surface area contributed by atoms with Gasteiger partial charge in [0.05, 0.1) is 29.3 Å². The zero-order valence-corrected chi connectivity index (χ0v) is 16.4. The Morgan fingerprint density at radius 3 is 2.56 bits per heavy atom. The Kier molecular flexibility index (Phi) is 7.30. The van der Waals surface area contributed by atoms with Gasteiger partial charge < -0.3 is 10.1 Å². The Hall–Kier alpha value is -1.85. The van der Waals surface area contributed by atoms with E-state index in [0.717, 1.165) is 44.0 Å². The highest BCUT2D eigenvalue weighted by molar-refractivity contribution is 6.42. The second-order valence-corrected chi connectivity index (χ2v) is 7.21. The highest BCUT2D eigenvalue weighted by atomic mass is 35.5. The summed E-state index contributed by atoms with van der Waals surface area (Å²) in [5, 5.41) is 4.07. The number of hydrogen-bond donors (Lipinski definition) is 1. The van der Waals surface area contributed by atoms with Crippen LogP contribution < -0.4 is 5.32 Å². The van der Waals surface area contributed by atoms with E-state index in [-0.39, 0.29) is 11.9 Å². The summed E-state index contributed by atoms with van der Waals surface area (Å²) in [6, 6.07) is 15.2. The van der Waals surface area contributed by atoms with Gasteiger partial charge in [-0.1, -0.05) is 59.6 Å². The van der Waals surface area contributed by atoms with Gasteiger partial charge in [-0.05, 0) is 29.3 Å². The van der Waals surface area contributed by atoms with E-state index >= 15 is 0 Å². The number of amides is 1. The zero-order chi connectivity index (χ0) is 19.1. The van der Waals surface area contributed by atoms with Gasteiger partial charge in [0.25, 0.3) is 0 Å². The average Bonchev–Trinajstić information content (AvgIpc) is 2.70. The summed E-state index contributed by atoms with van der Waals surface area (Å²) in [5.41, 5.74) is 1.91. The number of rotatable bonds is 6. The first-order valence-electron chi connectivity index (χ1n) is 8.90. The Morgan fingerprint density at radius 2 is 1.85 bits per heavy atom. The van der Waals surface area contributed by atoms with Gasteiger partial charge in [-0.3, -0.25) is 9.69 Å². The first-order chi connectivity index (χ1) is 13.1. The van der Waals surface area contributed by atoms with E-state index in [9.17, 15) is 4.79 Å². The maximum Gasteiger partial charge on any atom is 0.244 e. The molecule has 3 rings (SSSR count). The second kappa shape index (κ2) is 9.90. The molecule has 0 aliphatic carbocycles. The molecule has 1 N–H and O–H groups in total. The molecule has 1 amide bonds. The third-order valence-electron chi connectivity index (χ3n) is 4.43. The molecule has 27 heavy (non-hydrogen) atoms. The Bertz CT molecular complexity index is 790. The fourth-order valence-electron chi connectivity index (χ4n) is 2.97. The van der Waals surface area contributed by atoms with Gasteiger partial charge in [0, 0.05) is 25.7 Å². The van der Waals surface area contributed by atoms with Crippen LogP contribution in [-0.2, 0) is 9.53 Å². The topological polar surface area (TPSA) is 41.6 Å². The second-order valence-electron chi connectivity index (χ2n) is 6.39. The van der Waals surface area contributed by atoms with Crippen LogP contribution in [0.1, 0.15) is 17.2 Å². The molecule has 1 heterocycles. The molecule has 142 valence electrons. The fraction of sp³-hybridized carbons (Fsp3) is 0.286. The summed E-state index contributed by atoms with van der Waals surface area (Å²) >= 11 is 11.9. The molecule has 1 aliphatic rings. The lowest BCUT2D eigenvalue weighted by Crippen LogP contribution is -2.42. The summed E-state index contributed by atoms with van der Waals surface area (Å²) in [5.74, 6) is -0.150. The molecule has 2 aromatic rings. The standard InChI is InChI=1S/C21H22Cl2N2O2/c22-18-8-6-16(14-19(18)23)7-9-21(26)24-20(17-4-2-1-3-5-17)15-25-10-12-27-13-11-25/h1-9,14,20H,10-13,15H2,(H,24,26)/b9-7+/t20-/m1/s1. The number of halogens is 2. The van der Waals surface area contributed by atoms with Gasteiger partial charge in [-0.15, -0.1) is 0 Å². The van der Waals surface area contributed by atoms with Crippen LogP contribution in [0.2, 0.25) is 10.0 Å². The number of ether oxygens (including phenoxy) is 1. The Balaban J connectivity index is 1.67. The van der Waals surface area contributed by atoms with Gasteiger partial charge in [0.15, 0.2) is 0 Å². The number of carbonyl (C=O) groups is 1. The maximum absolute atomic E-state index is 12.5. The Labute approximate surface area is 169 Å². The predicted octanol–water partition coefficient (Wildman–Crippen LogP) is 4.20. The first-order valence-corrected chi connectivity index (χ1v) is 9.66. The summed E-state index contributed by atoms with van der Waals surface area (Å²) in [4.78, 5) is 14.8. The molecule has 2 aromatic carbocycles. The number of nitrogens with zero attached hydrogens (tertiary/aromatic N) is 1. The van der Waals surface area contributed by atoms with Gasteiger partial charge in [-0.2, -0.15) is 0 Å². The van der Waals surface area contributed by atoms with Crippen molar-refractivity contribution in [2.45, 2.75) is 6.04 Å². The molecular formula is C21H22Cl2N2O2. The Morgan fingerprint density at radius 1 is 1.11 bits per heavy atom. The maximum atomic E-state index is 12.5. The molecule has 0 radical (unpaired) electrons. The third-order valence-corrected chi connectivity index (χ3v) is 5.17. The van der Waals surface area contributed by atoms with E-state index in [2.05, 4.69) is 10.2 Å². The molecule has 6 heteroatoms. The van der Waals surface area contributed by atoms with E-state index in [0.29, 0.717) is 10.0 Å². The van der Waals surface area contributed by atoms with Crippen molar-refractivity contribution in [1.29, 1.82) is 0 Å². The van der Waals surface area contributed by atoms with Gasteiger partial charge in [0.2, 0.25) is 5.91 Å². The van der Waals surface area contributed by atoms with Gasteiger partial charge in [-0.25, -0.2) is 0 Å². The first kappa shape index (κ1) is 19.9. The molecule has 0 bridgehead atoms. The van der Waals surface area contributed by atoms with Crippen molar-refractivity contribution in [3.05, 3.63) is 75.8 Å². The zero-order valence-electron chi connectivity index (χ0n) is 14.9. The van der Waals surface area contributed by atoms with Crippen molar-refractivity contribution in [2.75, 3.05) is 32.8 Å². The van der Waals surface area contributed by atoms with Crippen LogP contribution in [0.25, 0.3) is 6.08 Å². The molecule has 0 aromatic heterocycles. The molecule has 0 spiro atoms. The van der Waals surface area contributed by atoms with Crippen LogP contribution in [0.3, 0.4) is 0 Å². The smallest absolute Gasteiger partial charge is 0.244 e. The average molecular weight is 405 g/mol. The van der Waals surface area contributed by atoms with Crippen LogP contribution in [0.4, 0.5) is 0 Å². The van der Waals surface area contributed by atoms with Crippen LogP contribution in [0.5, 0.6) is 0 Å². The van der Waals surface area contributed by atoms with Crippen molar-refractivity contribution in [2.24, 2.45) is 0 Å². The highest BCUT2D eigenvalue weighted by Gasteiger charge is 2.19. The monoisotopic (exact) mass is 404 g/mol. The minimum atomic E-state index is -0.150. The molecule has 0 saturated carbocycles. The largest absolute Gasteiger partial charge is 0.379 e. The lowest BCUT2D eigenvalue weighted by atomic mass is 10.1. The minimum Gasteiger partial charge on any atom is -0.379 e. The number of nitrogens with one attached hydrogen (secondary N) is 1. The van der Waals surface area contributed by atoms with E-state index < -0.39 is 0 Å². The summed E-state index contributed by atoms with van der Waals surface area (Å²) in [6.45, 7) is 3.95. The molecule has 0 unspecified atom stereocenters. The van der Waals surface area contributed by atoms with Crippen LogP contribution in [0, 0.1) is 0 Å². The number of benzene rings is 2. The molecular weight excluding hydrogens is 383 g/mol. The van der Waals surface area contributed by atoms with Gasteiger partial charge >= 0.3 is 0 Å². The summed E-state index contributed by atoms with van der Waals surface area (Å²) < 4.78 is 5.41.